The molecule has 2 aromatic carbocycles. The van der Waals surface area contributed by atoms with Crippen LogP contribution >= 0.6 is 0 Å². The summed E-state index contributed by atoms with van der Waals surface area (Å²) in [7, 11) is 0. The van der Waals surface area contributed by atoms with E-state index in [2.05, 4.69) is 29.1 Å². The smallest absolute Gasteiger partial charge is 0.275 e. The Morgan fingerprint density at radius 1 is 1.15 bits per heavy atom. The molecule has 0 aromatic heterocycles. The zero-order valence-electron chi connectivity index (χ0n) is 15.2. The van der Waals surface area contributed by atoms with Gasteiger partial charge in [0.2, 0.25) is 0 Å². The fourth-order valence-electron chi connectivity index (χ4n) is 2.90. The quantitative estimate of drug-likeness (QED) is 0.484. The first kappa shape index (κ1) is 18.3. The summed E-state index contributed by atoms with van der Waals surface area (Å²) in [5, 5.41) is 13.6. The number of carbonyl (C=O) groups is 1. The van der Waals surface area contributed by atoms with Crippen molar-refractivity contribution >= 4 is 29.2 Å². The standard InChI is InChI=1S/C20H20N4O3/c1-3-23(4-2)16-10-8-14(9-11-16)12-18-20(25)22-19(21-18)15-6-5-7-17(13-15)24(26)27/h5-13H,3-4H2,1-2H3,(H,21,22,25)/b18-12-. The molecule has 7 nitrogen and oxygen atoms in total. The number of rotatable bonds is 6. The molecule has 0 radical (unpaired) electrons. The molecule has 1 amide bonds. The van der Waals surface area contributed by atoms with Gasteiger partial charge in [0.25, 0.3) is 11.6 Å². The lowest BCUT2D eigenvalue weighted by Gasteiger charge is -2.20. The topological polar surface area (TPSA) is 87.8 Å². The summed E-state index contributed by atoms with van der Waals surface area (Å²) < 4.78 is 0. The number of benzene rings is 2. The lowest BCUT2D eigenvalue weighted by Crippen LogP contribution is -2.24. The van der Waals surface area contributed by atoms with Crippen LogP contribution in [0.2, 0.25) is 0 Å². The van der Waals surface area contributed by atoms with E-state index in [9.17, 15) is 14.9 Å². The minimum Gasteiger partial charge on any atom is -0.372 e. The zero-order chi connectivity index (χ0) is 19.4. The number of nitro benzene ring substituents is 1. The number of hydrogen-bond donors (Lipinski definition) is 1. The Labute approximate surface area is 157 Å². The highest BCUT2D eigenvalue weighted by molar-refractivity contribution is 6.19. The molecule has 138 valence electrons. The molecule has 3 rings (SSSR count). The molecular formula is C20H20N4O3. The summed E-state index contributed by atoms with van der Waals surface area (Å²) in [6, 6.07) is 13.9. The molecule has 27 heavy (non-hydrogen) atoms. The number of anilines is 1. The Kier molecular flexibility index (Phi) is 5.30. The van der Waals surface area contributed by atoms with Crippen molar-refractivity contribution in [1.82, 2.24) is 5.32 Å². The van der Waals surface area contributed by atoms with Gasteiger partial charge in [-0.25, -0.2) is 4.99 Å². The van der Waals surface area contributed by atoms with E-state index >= 15 is 0 Å². The van der Waals surface area contributed by atoms with Gasteiger partial charge in [-0.15, -0.1) is 0 Å². The Morgan fingerprint density at radius 3 is 2.48 bits per heavy atom. The summed E-state index contributed by atoms with van der Waals surface area (Å²) >= 11 is 0. The number of amides is 1. The van der Waals surface area contributed by atoms with Gasteiger partial charge in [-0.2, -0.15) is 0 Å². The van der Waals surface area contributed by atoms with E-state index in [1.54, 1.807) is 18.2 Å². The SMILES string of the molecule is CCN(CC)c1ccc(/C=C2\N=C(c3cccc([N+](=O)[O-])c3)NC2=O)cc1. The van der Waals surface area contributed by atoms with Crippen LogP contribution in [0.1, 0.15) is 25.0 Å². The average molecular weight is 364 g/mol. The first-order valence-electron chi connectivity index (χ1n) is 8.73. The highest BCUT2D eigenvalue weighted by atomic mass is 16.6. The van der Waals surface area contributed by atoms with Gasteiger partial charge in [0.05, 0.1) is 4.92 Å². The van der Waals surface area contributed by atoms with Gasteiger partial charge in [0, 0.05) is 36.5 Å². The first-order chi connectivity index (χ1) is 13.0. The molecule has 2 aromatic rings. The van der Waals surface area contributed by atoms with Crippen LogP contribution in [-0.2, 0) is 4.79 Å². The van der Waals surface area contributed by atoms with Gasteiger partial charge < -0.3 is 10.2 Å². The van der Waals surface area contributed by atoms with Crippen molar-refractivity contribution in [1.29, 1.82) is 0 Å². The Bertz CT molecular complexity index is 928. The molecule has 0 unspecified atom stereocenters. The predicted octanol–water partition coefficient (Wildman–Crippen LogP) is 3.36. The third kappa shape index (κ3) is 4.03. The molecule has 0 saturated heterocycles. The normalized spacial score (nSPS) is 14.8. The van der Waals surface area contributed by atoms with Crippen LogP contribution < -0.4 is 10.2 Å². The Morgan fingerprint density at radius 2 is 1.85 bits per heavy atom. The number of nitro groups is 1. The number of nitrogens with zero attached hydrogens (tertiary/aromatic N) is 3. The van der Waals surface area contributed by atoms with Crippen LogP contribution in [0.5, 0.6) is 0 Å². The summed E-state index contributed by atoms with van der Waals surface area (Å²) in [6.07, 6.45) is 1.70. The van der Waals surface area contributed by atoms with Crippen molar-refractivity contribution in [3.05, 3.63) is 75.5 Å². The second-order valence-electron chi connectivity index (χ2n) is 6.02. The predicted molar refractivity (Wildman–Crippen MR) is 106 cm³/mol. The number of carbonyl (C=O) groups excluding carboxylic acids is 1. The summed E-state index contributed by atoms with van der Waals surface area (Å²) in [5.74, 6) is -0.0148. The lowest BCUT2D eigenvalue weighted by molar-refractivity contribution is -0.384. The maximum atomic E-state index is 12.2. The molecule has 0 aliphatic carbocycles. The molecule has 1 aliphatic heterocycles. The van der Waals surface area contributed by atoms with E-state index < -0.39 is 4.92 Å². The summed E-state index contributed by atoms with van der Waals surface area (Å²) in [4.78, 5) is 29.2. The number of nitrogens with one attached hydrogen (secondary N) is 1. The molecule has 7 heteroatoms. The van der Waals surface area contributed by atoms with Crippen LogP contribution in [0.4, 0.5) is 11.4 Å². The molecule has 0 bridgehead atoms. The second kappa shape index (κ2) is 7.82. The summed E-state index contributed by atoms with van der Waals surface area (Å²) in [5.41, 5.74) is 2.71. The summed E-state index contributed by atoms with van der Waals surface area (Å²) in [6.45, 7) is 6.06. The van der Waals surface area contributed by atoms with Crippen molar-refractivity contribution in [2.45, 2.75) is 13.8 Å². The minimum absolute atomic E-state index is 0.0473. The van der Waals surface area contributed by atoms with E-state index in [1.165, 1.54) is 12.1 Å². The van der Waals surface area contributed by atoms with Gasteiger partial charge in [0.15, 0.2) is 0 Å². The molecule has 0 spiro atoms. The van der Waals surface area contributed by atoms with Gasteiger partial charge >= 0.3 is 0 Å². The van der Waals surface area contributed by atoms with Crippen molar-refractivity contribution in [2.75, 3.05) is 18.0 Å². The second-order valence-corrected chi connectivity index (χ2v) is 6.02. The van der Waals surface area contributed by atoms with Gasteiger partial charge in [-0.1, -0.05) is 24.3 Å². The van der Waals surface area contributed by atoms with Crippen molar-refractivity contribution < 1.29 is 9.72 Å². The highest BCUT2D eigenvalue weighted by Gasteiger charge is 2.22. The number of aliphatic imine (C=N–C) groups is 1. The first-order valence-corrected chi connectivity index (χ1v) is 8.73. The van der Waals surface area contributed by atoms with Crippen LogP contribution in [0.3, 0.4) is 0 Å². The maximum Gasteiger partial charge on any atom is 0.275 e. The lowest BCUT2D eigenvalue weighted by atomic mass is 10.1. The van der Waals surface area contributed by atoms with E-state index in [0.717, 1.165) is 24.3 Å². The highest BCUT2D eigenvalue weighted by Crippen LogP contribution is 2.20. The van der Waals surface area contributed by atoms with Crippen LogP contribution in [0.25, 0.3) is 6.08 Å². The third-order valence-electron chi connectivity index (χ3n) is 4.35. The molecule has 0 atom stereocenters. The molecule has 0 fully saturated rings. The van der Waals surface area contributed by atoms with Crippen LogP contribution in [0.15, 0.2) is 59.2 Å². The van der Waals surface area contributed by atoms with E-state index in [1.807, 2.05) is 24.3 Å². The van der Waals surface area contributed by atoms with Crippen LogP contribution in [-0.4, -0.2) is 29.8 Å². The molecule has 1 aliphatic rings. The van der Waals surface area contributed by atoms with Crippen molar-refractivity contribution in [3.8, 4) is 0 Å². The monoisotopic (exact) mass is 364 g/mol. The van der Waals surface area contributed by atoms with E-state index in [-0.39, 0.29) is 17.3 Å². The van der Waals surface area contributed by atoms with Crippen molar-refractivity contribution in [2.24, 2.45) is 4.99 Å². The molecule has 0 saturated carbocycles. The largest absolute Gasteiger partial charge is 0.372 e. The minimum atomic E-state index is -0.477. The van der Waals surface area contributed by atoms with Gasteiger partial charge in [0.1, 0.15) is 11.5 Å². The fourth-order valence-corrected chi connectivity index (χ4v) is 2.90. The zero-order valence-corrected chi connectivity index (χ0v) is 15.2. The maximum absolute atomic E-state index is 12.2. The number of amidine groups is 1. The van der Waals surface area contributed by atoms with Gasteiger partial charge in [-0.3, -0.25) is 14.9 Å². The number of hydrogen-bond acceptors (Lipinski definition) is 5. The van der Waals surface area contributed by atoms with Crippen molar-refractivity contribution in [3.63, 3.8) is 0 Å². The van der Waals surface area contributed by atoms with Crippen LogP contribution in [0, 0.1) is 10.1 Å². The Balaban J connectivity index is 1.85. The number of non-ortho nitro benzene ring substituents is 1. The Hall–Kier alpha value is -3.48. The molecule has 1 heterocycles. The third-order valence-corrected chi connectivity index (χ3v) is 4.35. The molecule has 1 N–H and O–H groups in total. The van der Waals surface area contributed by atoms with E-state index in [0.29, 0.717) is 11.4 Å². The average Bonchev–Trinajstić information content (AvgIpc) is 3.04. The van der Waals surface area contributed by atoms with Gasteiger partial charge in [-0.05, 0) is 37.6 Å². The molecular weight excluding hydrogens is 344 g/mol. The fraction of sp³-hybridized carbons (Fsp3) is 0.200. The van der Waals surface area contributed by atoms with E-state index in [4.69, 9.17) is 0 Å².